The van der Waals surface area contributed by atoms with Crippen molar-refractivity contribution in [1.82, 2.24) is 4.90 Å². The van der Waals surface area contributed by atoms with E-state index in [0.717, 1.165) is 0 Å². The topological polar surface area (TPSA) is 93.0 Å². The molecule has 1 amide bonds. The van der Waals surface area contributed by atoms with Crippen molar-refractivity contribution in [3.05, 3.63) is 69.8 Å². The lowest BCUT2D eigenvalue weighted by Crippen LogP contribution is -2.48. The molecule has 1 aliphatic rings. The molecule has 1 aliphatic heterocycles. The number of anilines is 1. The summed E-state index contributed by atoms with van der Waals surface area (Å²) in [4.78, 5) is 39.7. The number of esters is 1. The third-order valence-corrected chi connectivity index (χ3v) is 4.75. The lowest BCUT2D eigenvalue weighted by molar-refractivity contribution is -0.385. The molecule has 0 unspecified atom stereocenters. The number of nitro groups is 1. The molecule has 0 spiro atoms. The highest BCUT2D eigenvalue weighted by Crippen LogP contribution is 2.28. The first-order valence-corrected chi connectivity index (χ1v) is 9.77. The van der Waals surface area contributed by atoms with Crippen molar-refractivity contribution < 1.29 is 19.2 Å². The highest BCUT2D eigenvalue weighted by molar-refractivity contribution is 5.95. The van der Waals surface area contributed by atoms with Gasteiger partial charge in [-0.3, -0.25) is 14.9 Å². The molecule has 0 aliphatic carbocycles. The molecule has 0 atom stereocenters. The number of nitrogens with zero attached hydrogens (tertiary/aromatic N) is 3. The van der Waals surface area contributed by atoms with Gasteiger partial charge in [0, 0.05) is 43.5 Å². The number of benzene rings is 2. The van der Waals surface area contributed by atoms with Gasteiger partial charge in [-0.2, -0.15) is 0 Å². The first kappa shape index (κ1) is 21.3. The summed E-state index contributed by atoms with van der Waals surface area (Å²) in [5, 5.41) is 11.6. The summed E-state index contributed by atoms with van der Waals surface area (Å²) in [7, 11) is 0. The summed E-state index contributed by atoms with van der Waals surface area (Å²) in [5.74, 6) is -0.750. The number of amides is 1. The fraction of sp³-hybridized carbons (Fsp3) is 0.364. The standard InChI is InChI=1S/C22H25N3O5/c1-22(2,3)30-21(27)18-10-9-17(15-19(18)25(28)29)23-11-13-24(14-12-23)20(26)16-7-5-4-6-8-16/h4-10,15H,11-14H2,1-3H3. The third kappa shape index (κ3) is 4.94. The lowest BCUT2D eigenvalue weighted by atomic mass is 10.1. The van der Waals surface area contributed by atoms with E-state index < -0.39 is 16.5 Å². The SMILES string of the molecule is CC(C)(C)OC(=O)c1ccc(N2CCN(C(=O)c3ccccc3)CC2)cc1[N+](=O)[O-]. The highest BCUT2D eigenvalue weighted by atomic mass is 16.6. The Bertz CT molecular complexity index is 945. The van der Waals surface area contributed by atoms with Crippen molar-refractivity contribution in [2.75, 3.05) is 31.1 Å². The summed E-state index contributed by atoms with van der Waals surface area (Å²) >= 11 is 0. The molecule has 1 heterocycles. The molecule has 158 valence electrons. The van der Waals surface area contributed by atoms with Gasteiger partial charge in [0.05, 0.1) is 4.92 Å². The minimum absolute atomic E-state index is 0.0264. The van der Waals surface area contributed by atoms with Gasteiger partial charge >= 0.3 is 5.97 Å². The van der Waals surface area contributed by atoms with Crippen LogP contribution in [0.25, 0.3) is 0 Å². The summed E-state index contributed by atoms with van der Waals surface area (Å²) in [5.41, 5.74) is 0.177. The fourth-order valence-electron chi connectivity index (χ4n) is 3.30. The van der Waals surface area contributed by atoms with Gasteiger partial charge in [0.15, 0.2) is 0 Å². The first-order chi connectivity index (χ1) is 14.2. The van der Waals surface area contributed by atoms with E-state index in [1.165, 1.54) is 12.1 Å². The van der Waals surface area contributed by atoms with Gasteiger partial charge in [-0.1, -0.05) is 18.2 Å². The zero-order valence-corrected chi connectivity index (χ0v) is 17.3. The number of hydrogen-bond donors (Lipinski definition) is 0. The van der Waals surface area contributed by atoms with E-state index in [4.69, 9.17) is 4.74 Å². The normalized spacial score (nSPS) is 14.4. The Morgan fingerprint density at radius 1 is 1.00 bits per heavy atom. The number of hydrogen-bond acceptors (Lipinski definition) is 6. The van der Waals surface area contributed by atoms with E-state index in [-0.39, 0.29) is 17.2 Å². The Balaban J connectivity index is 1.73. The second kappa shape index (κ2) is 8.52. The van der Waals surface area contributed by atoms with Gasteiger partial charge in [0.25, 0.3) is 11.6 Å². The van der Waals surface area contributed by atoms with Gasteiger partial charge in [0.2, 0.25) is 0 Å². The minimum Gasteiger partial charge on any atom is -0.456 e. The van der Waals surface area contributed by atoms with Crippen molar-refractivity contribution >= 4 is 23.3 Å². The Labute approximate surface area is 175 Å². The number of nitro benzene ring substituents is 1. The van der Waals surface area contributed by atoms with E-state index in [9.17, 15) is 19.7 Å². The van der Waals surface area contributed by atoms with Crippen LogP contribution < -0.4 is 4.90 Å². The van der Waals surface area contributed by atoms with Gasteiger partial charge in [-0.05, 0) is 45.0 Å². The number of carbonyl (C=O) groups is 2. The Kier molecular flexibility index (Phi) is 6.05. The lowest BCUT2D eigenvalue weighted by Gasteiger charge is -2.36. The quantitative estimate of drug-likeness (QED) is 0.434. The summed E-state index contributed by atoms with van der Waals surface area (Å²) in [6.07, 6.45) is 0. The van der Waals surface area contributed by atoms with E-state index in [0.29, 0.717) is 37.4 Å². The smallest absolute Gasteiger partial charge is 0.345 e. The molecule has 3 rings (SSSR count). The van der Waals surface area contributed by atoms with E-state index in [1.54, 1.807) is 43.9 Å². The molecular formula is C22H25N3O5. The molecule has 0 N–H and O–H groups in total. The maximum absolute atomic E-state index is 12.6. The summed E-state index contributed by atoms with van der Waals surface area (Å²) in [6.45, 7) is 7.23. The van der Waals surface area contributed by atoms with Crippen molar-refractivity contribution in [2.45, 2.75) is 26.4 Å². The second-order valence-electron chi connectivity index (χ2n) is 8.11. The fourth-order valence-corrected chi connectivity index (χ4v) is 3.30. The monoisotopic (exact) mass is 411 g/mol. The molecule has 8 heteroatoms. The third-order valence-electron chi connectivity index (χ3n) is 4.75. The van der Waals surface area contributed by atoms with Crippen LogP contribution in [0, 0.1) is 10.1 Å². The number of carbonyl (C=O) groups excluding carboxylic acids is 2. The highest BCUT2D eigenvalue weighted by Gasteiger charge is 2.28. The van der Waals surface area contributed by atoms with Crippen LogP contribution in [0.15, 0.2) is 48.5 Å². The Hall–Kier alpha value is -3.42. The van der Waals surface area contributed by atoms with Crippen LogP contribution in [0.4, 0.5) is 11.4 Å². The molecule has 0 saturated carbocycles. The molecule has 2 aromatic rings. The van der Waals surface area contributed by atoms with Crippen molar-refractivity contribution in [2.24, 2.45) is 0 Å². The largest absolute Gasteiger partial charge is 0.456 e. The molecule has 2 aromatic carbocycles. The average molecular weight is 411 g/mol. The van der Waals surface area contributed by atoms with Gasteiger partial charge in [-0.25, -0.2) is 4.79 Å². The number of rotatable bonds is 4. The minimum atomic E-state index is -0.745. The zero-order chi connectivity index (χ0) is 21.9. The maximum Gasteiger partial charge on any atom is 0.345 e. The van der Waals surface area contributed by atoms with Crippen molar-refractivity contribution in [1.29, 1.82) is 0 Å². The van der Waals surface area contributed by atoms with Crippen LogP contribution in [0.2, 0.25) is 0 Å². The van der Waals surface area contributed by atoms with E-state index in [1.807, 2.05) is 23.1 Å². The molecule has 0 radical (unpaired) electrons. The maximum atomic E-state index is 12.6. The zero-order valence-electron chi connectivity index (χ0n) is 17.3. The van der Waals surface area contributed by atoms with Crippen molar-refractivity contribution in [3.63, 3.8) is 0 Å². The average Bonchev–Trinajstić information content (AvgIpc) is 2.72. The molecule has 0 bridgehead atoms. The summed E-state index contributed by atoms with van der Waals surface area (Å²) in [6, 6.07) is 13.6. The molecule has 1 saturated heterocycles. The van der Waals surface area contributed by atoms with Crippen LogP contribution in [-0.4, -0.2) is 53.5 Å². The molecule has 8 nitrogen and oxygen atoms in total. The Morgan fingerprint density at radius 3 is 2.20 bits per heavy atom. The molecule has 1 fully saturated rings. The van der Waals surface area contributed by atoms with Crippen LogP contribution >= 0.6 is 0 Å². The number of piperazine rings is 1. The van der Waals surface area contributed by atoms with E-state index >= 15 is 0 Å². The predicted molar refractivity (Wildman–Crippen MR) is 113 cm³/mol. The molecular weight excluding hydrogens is 386 g/mol. The Morgan fingerprint density at radius 2 is 1.63 bits per heavy atom. The van der Waals surface area contributed by atoms with Gasteiger partial charge in [-0.15, -0.1) is 0 Å². The first-order valence-electron chi connectivity index (χ1n) is 9.77. The molecule has 0 aromatic heterocycles. The second-order valence-corrected chi connectivity index (χ2v) is 8.11. The van der Waals surface area contributed by atoms with E-state index in [2.05, 4.69) is 0 Å². The summed E-state index contributed by atoms with van der Waals surface area (Å²) < 4.78 is 5.28. The van der Waals surface area contributed by atoms with Crippen LogP contribution in [0.1, 0.15) is 41.5 Å². The van der Waals surface area contributed by atoms with Crippen molar-refractivity contribution in [3.8, 4) is 0 Å². The van der Waals surface area contributed by atoms with Gasteiger partial charge < -0.3 is 14.5 Å². The van der Waals surface area contributed by atoms with Crippen LogP contribution in [0.5, 0.6) is 0 Å². The molecule has 30 heavy (non-hydrogen) atoms. The predicted octanol–water partition coefficient (Wildman–Crippen LogP) is 3.51. The van der Waals surface area contributed by atoms with Crippen LogP contribution in [0.3, 0.4) is 0 Å². The number of ether oxygens (including phenoxy) is 1. The van der Waals surface area contributed by atoms with Crippen LogP contribution in [-0.2, 0) is 4.74 Å². The van der Waals surface area contributed by atoms with Gasteiger partial charge in [0.1, 0.15) is 11.2 Å².